The van der Waals surface area contributed by atoms with Gasteiger partial charge in [-0.25, -0.2) is 17.6 Å². The Morgan fingerprint density at radius 2 is 1.90 bits per heavy atom. The summed E-state index contributed by atoms with van der Waals surface area (Å²) in [6.07, 6.45) is 4.34. The van der Waals surface area contributed by atoms with E-state index in [1.807, 2.05) is 6.92 Å². The van der Waals surface area contributed by atoms with E-state index in [1.165, 1.54) is 30.6 Å². The van der Waals surface area contributed by atoms with E-state index in [0.29, 0.717) is 36.4 Å². The Kier molecular flexibility index (Phi) is 9.87. The lowest BCUT2D eigenvalue weighted by atomic mass is 10.1. The zero-order valence-electron chi connectivity index (χ0n) is 22.2. The van der Waals surface area contributed by atoms with Gasteiger partial charge < -0.3 is 19.4 Å². The van der Waals surface area contributed by atoms with Gasteiger partial charge in [-0.1, -0.05) is 17.8 Å². The molecule has 14 heteroatoms. The molecule has 0 saturated carbocycles. The molecular weight excluding hydrogens is 581 g/mol. The Balaban J connectivity index is 1.50. The third kappa shape index (κ3) is 7.22. The van der Waals surface area contributed by atoms with Crippen LogP contribution in [0.25, 0.3) is 10.2 Å². The van der Waals surface area contributed by atoms with Crippen LogP contribution in [0.2, 0.25) is 0 Å². The zero-order valence-corrected chi connectivity index (χ0v) is 24.6. The van der Waals surface area contributed by atoms with Crippen molar-refractivity contribution < 1.29 is 36.7 Å². The number of methoxy groups -OCH3 is 1. The molecule has 3 aromatic rings. The van der Waals surface area contributed by atoms with Crippen molar-refractivity contribution in [3.05, 3.63) is 44.8 Å². The lowest BCUT2D eigenvalue weighted by Gasteiger charge is -2.08. The fourth-order valence-electron chi connectivity index (χ4n) is 4.54. The lowest BCUT2D eigenvalue weighted by Crippen LogP contribution is -2.28. The van der Waals surface area contributed by atoms with Crippen LogP contribution in [0.3, 0.4) is 0 Å². The fourth-order valence-corrected chi connectivity index (χ4v) is 7.94. The summed E-state index contributed by atoms with van der Waals surface area (Å²) in [5.74, 6) is -4.80. The topological polar surface area (TPSA) is 133 Å². The molecule has 1 N–H and O–H groups in total. The predicted octanol–water partition coefficient (Wildman–Crippen LogP) is 3.48. The first-order valence-electron chi connectivity index (χ1n) is 12.8. The van der Waals surface area contributed by atoms with Crippen molar-refractivity contribution in [2.75, 3.05) is 37.1 Å². The van der Waals surface area contributed by atoms with E-state index in [-0.39, 0.29) is 15.4 Å². The molecule has 0 aliphatic heterocycles. The van der Waals surface area contributed by atoms with Gasteiger partial charge in [-0.05, 0) is 56.4 Å². The van der Waals surface area contributed by atoms with Gasteiger partial charge in [0.25, 0.3) is 5.91 Å². The minimum Gasteiger partial charge on any atom is -0.465 e. The van der Waals surface area contributed by atoms with Crippen molar-refractivity contribution in [1.29, 1.82) is 0 Å². The van der Waals surface area contributed by atoms with Crippen molar-refractivity contribution in [3.63, 3.8) is 0 Å². The van der Waals surface area contributed by atoms with Gasteiger partial charge >= 0.3 is 5.97 Å². The predicted molar refractivity (Wildman–Crippen MR) is 151 cm³/mol. The molecule has 0 radical (unpaired) electrons. The summed E-state index contributed by atoms with van der Waals surface area (Å²) in [5.41, 5.74) is 1.73. The molecule has 1 aromatic carbocycles. The molecule has 4 rings (SSSR count). The summed E-state index contributed by atoms with van der Waals surface area (Å²) in [4.78, 5) is 43.1. The third-order valence-electron chi connectivity index (χ3n) is 6.29. The first kappa shape index (κ1) is 30.0. The van der Waals surface area contributed by atoms with Gasteiger partial charge in [-0.15, -0.1) is 11.3 Å². The number of thiazole rings is 1. The third-order valence-corrected chi connectivity index (χ3v) is 9.92. The first-order chi connectivity index (χ1) is 19.1. The van der Waals surface area contributed by atoms with Crippen LogP contribution in [-0.2, 0) is 48.3 Å². The van der Waals surface area contributed by atoms with Crippen molar-refractivity contribution in [2.24, 2.45) is 4.99 Å². The number of anilines is 1. The summed E-state index contributed by atoms with van der Waals surface area (Å²) < 4.78 is 51.8. The maximum Gasteiger partial charge on any atom is 0.341 e. The number of hydrogen-bond acceptors (Lipinski definition) is 9. The highest BCUT2D eigenvalue weighted by molar-refractivity contribution is 7.92. The monoisotopic (exact) mass is 611 g/mol. The molecule has 0 atom stereocenters. The molecule has 0 saturated heterocycles. The number of sulfone groups is 1. The van der Waals surface area contributed by atoms with Crippen LogP contribution < -0.4 is 10.1 Å². The van der Waals surface area contributed by atoms with Crippen LogP contribution in [0.15, 0.2) is 23.2 Å². The van der Waals surface area contributed by atoms with Gasteiger partial charge in [0, 0.05) is 18.0 Å². The number of benzene rings is 1. The molecule has 0 fully saturated rings. The minimum absolute atomic E-state index is 0.202. The largest absolute Gasteiger partial charge is 0.465 e. The van der Waals surface area contributed by atoms with E-state index >= 15 is 0 Å². The number of nitrogens with zero attached hydrogens (tertiary/aromatic N) is 2. The van der Waals surface area contributed by atoms with Crippen molar-refractivity contribution in [2.45, 2.75) is 45.6 Å². The molecule has 0 spiro atoms. The molecule has 2 amide bonds. The second-order valence-corrected chi connectivity index (χ2v) is 13.4. The van der Waals surface area contributed by atoms with Gasteiger partial charge in [0.2, 0.25) is 5.91 Å². The van der Waals surface area contributed by atoms with Crippen LogP contribution >= 0.6 is 22.7 Å². The number of thiophene rings is 1. The number of aryl methyl sites for hydroxylation is 1. The quantitative estimate of drug-likeness (QED) is 0.211. The Bertz CT molecular complexity index is 1610. The van der Waals surface area contributed by atoms with Crippen LogP contribution in [0, 0.1) is 5.82 Å². The van der Waals surface area contributed by atoms with Crippen molar-refractivity contribution in [1.82, 2.24) is 4.57 Å². The molecule has 1 aliphatic rings. The number of amides is 2. The molecule has 1 aliphatic carbocycles. The van der Waals surface area contributed by atoms with E-state index in [4.69, 9.17) is 9.47 Å². The van der Waals surface area contributed by atoms with Gasteiger partial charge in [-0.3, -0.25) is 9.59 Å². The number of carbonyl (C=O) groups excluding carboxylic acids is 3. The highest BCUT2D eigenvalue weighted by Gasteiger charge is 2.28. The second kappa shape index (κ2) is 13.1. The maximum absolute atomic E-state index is 13.8. The smallest absolute Gasteiger partial charge is 0.341 e. The average Bonchev–Trinajstić information content (AvgIpc) is 3.28. The van der Waals surface area contributed by atoms with Gasteiger partial charge in [0.15, 0.2) is 14.6 Å². The lowest BCUT2D eigenvalue weighted by molar-refractivity contribution is -0.115. The average molecular weight is 612 g/mol. The Labute approximate surface area is 238 Å². The molecule has 0 bridgehead atoms. The van der Waals surface area contributed by atoms with Gasteiger partial charge in [0.1, 0.15) is 22.3 Å². The number of hydrogen-bond donors (Lipinski definition) is 1. The number of ether oxygens (including phenoxy) is 2. The van der Waals surface area contributed by atoms with E-state index in [1.54, 1.807) is 10.6 Å². The number of esters is 1. The Hall–Kier alpha value is -2.94. The summed E-state index contributed by atoms with van der Waals surface area (Å²) >= 11 is 2.30. The molecule has 10 nitrogen and oxygen atoms in total. The Morgan fingerprint density at radius 3 is 2.65 bits per heavy atom. The van der Waals surface area contributed by atoms with Gasteiger partial charge in [-0.2, -0.15) is 4.99 Å². The standard InChI is InChI=1S/C26H30FN3O7S3/c1-3-37-12-11-30-18-10-9-16(27)13-20(18)39-26(30)29-22(32)15-40(34,35)14-21(31)28-24-23(25(33)36-2)17-7-5-4-6-8-19(17)38-24/h9-10,13H,3-8,11-12,14-15H2,1-2H3,(H,28,31). The number of halogens is 1. The number of rotatable bonds is 10. The van der Waals surface area contributed by atoms with Crippen LogP contribution in [0.5, 0.6) is 0 Å². The van der Waals surface area contributed by atoms with E-state index in [9.17, 15) is 27.2 Å². The first-order valence-corrected chi connectivity index (χ1v) is 16.2. The number of carbonyl (C=O) groups is 3. The van der Waals surface area contributed by atoms with Gasteiger partial charge in [0.05, 0.1) is 29.5 Å². The summed E-state index contributed by atoms with van der Waals surface area (Å²) in [7, 11) is -2.94. The fraction of sp³-hybridized carbons (Fsp3) is 0.462. The summed E-state index contributed by atoms with van der Waals surface area (Å²) in [5, 5.41) is 2.80. The van der Waals surface area contributed by atoms with Crippen LogP contribution in [-0.4, -0.2) is 62.6 Å². The molecular formula is C26H30FN3O7S3. The summed E-state index contributed by atoms with van der Waals surface area (Å²) in [6, 6.07) is 4.16. The second-order valence-electron chi connectivity index (χ2n) is 9.19. The highest BCUT2D eigenvalue weighted by Crippen LogP contribution is 2.38. The number of nitrogens with one attached hydrogen (secondary N) is 1. The van der Waals surface area contributed by atoms with Crippen LogP contribution in [0.1, 0.15) is 47.0 Å². The Morgan fingerprint density at radius 1 is 1.12 bits per heavy atom. The molecule has 0 unspecified atom stereocenters. The zero-order chi connectivity index (χ0) is 28.9. The molecule has 2 heterocycles. The minimum atomic E-state index is -4.19. The van der Waals surface area contributed by atoms with Crippen molar-refractivity contribution in [3.8, 4) is 0 Å². The van der Waals surface area contributed by atoms with E-state index in [0.717, 1.165) is 47.5 Å². The normalized spacial score (nSPS) is 14.1. The molecule has 216 valence electrons. The van der Waals surface area contributed by atoms with Crippen molar-refractivity contribution >= 4 is 65.5 Å². The molecule has 2 aromatic heterocycles. The number of aromatic nitrogens is 1. The van der Waals surface area contributed by atoms with Crippen LogP contribution in [0.4, 0.5) is 9.39 Å². The molecule has 40 heavy (non-hydrogen) atoms. The van der Waals surface area contributed by atoms with E-state index < -0.39 is 44.9 Å². The van der Waals surface area contributed by atoms with E-state index in [2.05, 4.69) is 10.3 Å². The number of fused-ring (bicyclic) bond motifs is 2. The highest BCUT2D eigenvalue weighted by atomic mass is 32.2. The SMILES string of the molecule is CCOCCn1c(=NC(=O)CS(=O)(=O)CC(=O)Nc2sc3c(c2C(=O)OC)CCCCC3)sc2cc(F)ccc21. The summed E-state index contributed by atoms with van der Waals surface area (Å²) in [6.45, 7) is 2.97. The maximum atomic E-state index is 13.8.